The number of amides is 2. The van der Waals surface area contributed by atoms with Crippen molar-refractivity contribution in [3.05, 3.63) is 35.4 Å². The van der Waals surface area contributed by atoms with Gasteiger partial charge in [0.05, 0.1) is 0 Å². The standard InChI is InChI=1S/C14H18N2O4/c1-8(2)7-11(14(19)20)16-13(18)10-5-3-9(4-6-10)12(15)17/h3-6,8,11H,7H2,1-2H3,(H2,15,17)(H,16,18)(H,19,20). The highest BCUT2D eigenvalue weighted by molar-refractivity contribution is 5.98. The van der Waals surface area contributed by atoms with E-state index in [4.69, 9.17) is 10.8 Å². The first-order valence-electron chi connectivity index (χ1n) is 6.24. The molecule has 1 aromatic carbocycles. The SMILES string of the molecule is CC(C)CC(NC(=O)c1ccc(C(N)=O)cc1)C(=O)O. The van der Waals surface area contributed by atoms with E-state index in [1.165, 1.54) is 24.3 Å². The van der Waals surface area contributed by atoms with Gasteiger partial charge < -0.3 is 16.2 Å². The van der Waals surface area contributed by atoms with Crippen molar-refractivity contribution in [3.8, 4) is 0 Å². The summed E-state index contributed by atoms with van der Waals surface area (Å²) in [6.07, 6.45) is 0.348. The van der Waals surface area contributed by atoms with Gasteiger partial charge in [-0.25, -0.2) is 4.79 Å². The summed E-state index contributed by atoms with van der Waals surface area (Å²) < 4.78 is 0. The molecule has 20 heavy (non-hydrogen) atoms. The maximum Gasteiger partial charge on any atom is 0.326 e. The van der Waals surface area contributed by atoms with Gasteiger partial charge in [0.2, 0.25) is 5.91 Å². The smallest absolute Gasteiger partial charge is 0.326 e. The third kappa shape index (κ3) is 4.38. The molecule has 4 N–H and O–H groups in total. The molecule has 0 saturated carbocycles. The maximum absolute atomic E-state index is 11.9. The van der Waals surface area contributed by atoms with Crippen molar-refractivity contribution in [2.75, 3.05) is 0 Å². The minimum atomic E-state index is -1.07. The van der Waals surface area contributed by atoms with Gasteiger partial charge in [-0.3, -0.25) is 9.59 Å². The predicted octanol–water partition coefficient (Wildman–Crippen LogP) is 1.01. The van der Waals surface area contributed by atoms with Crippen LogP contribution < -0.4 is 11.1 Å². The maximum atomic E-state index is 11.9. The molecule has 1 atom stereocenters. The molecule has 0 saturated heterocycles. The van der Waals surface area contributed by atoms with Crippen LogP contribution in [0.3, 0.4) is 0 Å². The molecular formula is C14H18N2O4. The monoisotopic (exact) mass is 278 g/mol. The van der Waals surface area contributed by atoms with Crippen molar-refractivity contribution in [3.63, 3.8) is 0 Å². The van der Waals surface area contributed by atoms with Gasteiger partial charge in [-0.1, -0.05) is 13.8 Å². The first-order valence-corrected chi connectivity index (χ1v) is 6.24. The zero-order chi connectivity index (χ0) is 15.3. The molecule has 1 unspecified atom stereocenters. The van der Waals surface area contributed by atoms with Crippen LogP contribution in [0, 0.1) is 5.92 Å². The molecule has 0 spiro atoms. The minimum absolute atomic E-state index is 0.147. The van der Waals surface area contributed by atoms with Crippen molar-refractivity contribution in [1.82, 2.24) is 5.32 Å². The zero-order valence-electron chi connectivity index (χ0n) is 11.4. The second-order valence-electron chi connectivity index (χ2n) is 4.94. The highest BCUT2D eigenvalue weighted by Gasteiger charge is 2.21. The van der Waals surface area contributed by atoms with Crippen LogP contribution in [0.4, 0.5) is 0 Å². The van der Waals surface area contributed by atoms with Crippen LogP contribution in [0.5, 0.6) is 0 Å². The summed E-state index contributed by atoms with van der Waals surface area (Å²) in [5, 5.41) is 11.5. The molecule has 0 aliphatic rings. The number of nitrogens with one attached hydrogen (secondary N) is 1. The van der Waals surface area contributed by atoms with Crippen LogP contribution in [-0.2, 0) is 4.79 Å². The van der Waals surface area contributed by atoms with Gasteiger partial charge >= 0.3 is 5.97 Å². The molecule has 0 aromatic heterocycles. The third-order valence-corrected chi connectivity index (χ3v) is 2.74. The summed E-state index contributed by atoms with van der Waals surface area (Å²) in [6.45, 7) is 3.76. The minimum Gasteiger partial charge on any atom is -0.480 e. The number of aliphatic carboxylic acids is 1. The van der Waals surface area contributed by atoms with Crippen LogP contribution in [0.1, 0.15) is 41.0 Å². The van der Waals surface area contributed by atoms with Gasteiger partial charge in [0.15, 0.2) is 0 Å². The largest absolute Gasteiger partial charge is 0.480 e. The van der Waals surface area contributed by atoms with E-state index in [0.29, 0.717) is 12.0 Å². The Morgan fingerprint density at radius 1 is 1.15 bits per heavy atom. The number of hydrogen-bond acceptors (Lipinski definition) is 3. The van der Waals surface area contributed by atoms with Gasteiger partial charge in [-0.05, 0) is 36.6 Å². The summed E-state index contributed by atoms with van der Waals surface area (Å²) in [5.74, 6) is -2.00. The average molecular weight is 278 g/mol. The van der Waals surface area contributed by atoms with Crippen LogP contribution >= 0.6 is 0 Å². The number of benzene rings is 1. The van der Waals surface area contributed by atoms with E-state index in [2.05, 4.69) is 5.32 Å². The molecule has 0 fully saturated rings. The summed E-state index contributed by atoms with van der Waals surface area (Å²) in [4.78, 5) is 33.9. The Bertz CT molecular complexity index is 508. The van der Waals surface area contributed by atoms with Crippen molar-refractivity contribution in [2.45, 2.75) is 26.3 Å². The Labute approximate surface area is 117 Å². The molecular weight excluding hydrogens is 260 g/mol. The van der Waals surface area contributed by atoms with Crippen molar-refractivity contribution in [1.29, 1.82) is 0 Å². The molecule has 6 nitrogen and oxygen atoms in total. The second kappa shape index (κ2) is 6.70. The lowest BCUT2D eigenvalue weighted by molar-refractivity contribution is -0.139. The van der Waals surface area contributed by atoms with Crippen LogP contribution in [0.25, 0.3) is 0 Å². The number of rotatable bonds is 6. The lowest BCUT2D eigenvalue weighted by Gasteiger charge is -2.16. The van der Waals surface area contributed by atoms with E-state index < -0.39 is 23.8 Å². The Kier molecular flexibility index (Phi) is 5.25. The van der Waals surface area contributed by atoms with E-state index in [-0.39, 0.29) is 11.5 Å². The quantitative estimate of drug-likeness (QED) is 0.721. The topological polar surface area (TPSA) is 109 Å². The van der Waals surface area contributed by atoms with Crippen molar-refractivity contribution < 1.29 is 19.5 Å². The van der Waals surface area contributed by atoms with Crippen LogP contribution in [-0.4, -0.2) is 28.9 Å². The first kappa shape index (κ1) is 15.7. The van der Waals surface area contributed by atoms with Crippen molar-refractivity contribution in [2.24, 2.45) is 11.7 Å². The number of carboxylic acids is 1. The summed E-state index contributed by atoms with van der Waals surface area (Å²) in [6, 6.07) is 4.79. The number of carbonyl (C=O) groups is 3. The molecule has 0 bridgehead atoms. The Balaban J connectivity index is 2.78. The van der Waals surface area contributed by atoms with Gasteiger partial charge in [0.25, 0.3) is 5.91 Å². The molecule has 0 aliphatic heterocycles. The van der Waals surface area contributed by atoms with E-state index in [9.17, 15) is 14.4 Å². The number of carbonyl (C=O) groups excluding carboxylic acids is 2. The second-order valence-corrected chi connectivity index (χ2v) is 4.94. The Hall–Kier alpha value is -2.37. The highest BCUT2D eigenvalue weighted by Crippen LogP contribution is 2.08. The summed E-state index contributed by atoms with van der Waals surface area (Å²) in [5.41, 5.74) is 5.67. The molecule has 0 radical (unpaired) electrons. The van der Waals surface area contributed by atoms with E-state index in [0.717, 1.165) is 0 Å². The van der Waals surface area contributed by atoms with E-state index >= 15 is 0 Å². The first-order chi connectivity index (χ1) is 9.31. The number of primary amides is 1. The lowest BCUT2D eigenvalue weighted by atomic mass is 10.0. The van der Waals surface area contributed by atoms with Gasteiger partial charge in [0, 0.05) is 11.1 Å². The van der Waals surface area contributed by atoms with Crippen LogP contribution in [0.2, 0.25) is 0 Å². The summed E-state index contributed by atoms with van der Waals surface area (Å²) >= 11 is 0. The number of carboxylic acid groups (broad SMARTS) is 1. The van der Waals surface area contributed by atoms with E-state index in [1.54, 1.807) is 0 Å². The Morgan fingerprint density at radius 2 is 1.65 bits per heavy atom. The Morgan fingerprint density at radius 3 is 2.05 bits per heavy atom. The fourth-order valence-electron chi connectivity index (χ4n) is 1.72. The predicted molar refractivity (Wildman–Crippen MR) is 73.3 cm³/mol. The summed E-state index contributed by atoms with van der Waals surface area (Å²) in [7, 11) is 0. The zero-order valence-corrected chi connectivity index (χ0v) is 11.4. The van der Waals surface area contributed by atoms with E-state index in [1.807, 2.05) is 13.8 Å². The van der Waals surface area contributed by atoms with Crippen molar-refractivity contribution >= 4 is 17.8 Å². The lowest BCUT2D eigenvalue weighted by Crippen LogP contribution is -2.41. The molecule has 0 heterocycles. The fourth-order valence-corrected chi connectivity index (χ4v) is 1.72. The molecule has 2 amide bonds. The molecule has 6 heteroatoms. The normalized spacial score (nSPS) is 11.9. The number of nitrogens with two attached hydrogens (primary N) is 1. The highest BCUT2D eigenvalue weighted by atomic mass is 16.4. The van der Waals surface area contributed by atoms with Crippen LogP contribution in [0.15, 0.2) is 24.3 Å². The number of hydrogen-bond donors (Lipinski definition) is 3. The average Bonchev–Trinajstić information content (AvgIpc) is 2.37. The molecule has 1 rings (SSSR count). The third-order valence-electron chi connectivity index (χ3n) is 2.74. The van der Waals surface area contributed by atoms with Gasteiger partial charge in [-0.2, -0.15) is 0 Å². The molecule has 108 valence electrons. The van der Waals surface area contributed by atoms with Gasteiger partial charge in [-0.15, -0.1) is 0 Å². The molecule has 1 aromatic rings. The molecule has 0 aliphatic carbocycles. The fraction of sp³-hybridized carbons (Fsp3) is 0.357. The van der Waals surface area contributed by atoms with Gasteiger partial charge in [0.1, 0.15) is 6.04 Å².